The first-order valence-corrected chi connectivity index (χ1v) is 3.93. The number of rotatable bonds is 1. The molecule has 8 heavy (non-hydrogen) atoms. The molecule has 1 aromatic rings. The van der Waals surface area contributed by atoms with E-state index in [4.69, 9.17) is 0 Å². The zero-order chi connectivity index (χ0) is 5.40. The summed E-state index contributed by atoms with van der Waals surface area (Å²) in [5.74, 6) is 0.946. The van der Waals surface area contributed by atoms with Crippen LogP contribution in [0.15, 0.2) is 16.8 Å². The molecule has 42 valence electrons. The second-order valence-electron chi connectivity index (χ2n) is 2.33. The van der Waals surface area contributed by atoms with Crippen molar-refractivity contribution in [2.45, 2.75) is 18.8 Å². The van der Waals surface area contributed by atoms with E-state index in [0.29, 0.717) is 0 Å². The second kappa shape index (κ2) is 1.59. The van der Waals surface area contributed by atoms with Crippen LogP contribution in [0, 0.1) is 0 Å². The van der Waals surface area contributed by atoms with Crippen LogP contribution in [0.25, 0.3) is 0 Å². The van der Waals surface area contributed by atoms with Gasteiger partial charge in [0.25, 0.3) is 0 Å². The first-order chi connectivity index (χ1) is 3.97. The molecule has 0 aromatic carbocycles. The molecule has 0 N–H and O–H groups in total. The van der Waals surface area contributed by atoms with E-state index < -0.39 is 0 Å². The fourth-order valence-corrected chi connectivity index (χ4v) is 1.67. The van der Waals surface area contributed by atoms with Crippen molar-refractivity contribution in [3.05, 3.63) is 22.4 Å². The average Bonchev–Trinajstić information content (AvgIpc) is 2.49. The van der Waals surface area contributed by atoms with Gasteiger partial charge in [0.2, 0.25) is 0 Å². The van der Waals surface area contributed by atoms with E-state index in [1.54, 1.807) is 5.56 Å². The van der Waals surface area contributed by atoms with Crippen molar-refractivity contribution in [3.8, 4) is 0 Å². The van der Waals surface area contributed by atoms with E-state index in [-0.39, 0.29) is 0 Å². The van der Waals surface area contributed by atoms with Gasteiger partial charge < -0.3 is 0 Å². The summed E-state index contributed by atoms with van der Waals surface area (Å²) in [7, 11) is 0. The third kappa shape index (κ3) is 0.671. The smallest absolute Gasteiger partial charge is 0.00584 e. The van der Waals surface area contributed by atoms with Gasteiger partial charge in [-0.25, -0.2) is 0 Å². The van der Waals surface area contributed by atoms with Crippen LogP contribution in [0.3, 0.4) is 0 Å². The summed E-state index contributed by atoms with van der Waals surface area (Å²) in [5.41, 5.74) is 1.56. The van der Waals surface area contributed by atoms with E-state index in [2.05, 4.69) is 16.8 Å². The van der Waals surface area contributed by atoms with Crippen LogP contribution < -0.4 is 0 Å². The molecule has 1 heteroatoms. The predicted molar refractivity (Wildman–Crippen MR) is 36.3 cm³/mol. The van der Waals surface area contributed by atoms with Gasteiger partial charge in [-0.3, -0.25) is 0 Å². The summed E-state index contributed by atoms with van der Waals surface area (Å²) >= 11 is 1.81. The van der Waals surface area contributed by atoms with Crippen molar-refractivity contribution in [1.82, 2.24) is 0 Å². The molecule has 1 saturated carbocycles. The lowest BCUT2D eigenvalue weighted by Crippen LogP contribution is -1.65. The zero-order valence-electron chi connectivity index (χ0n) is 4.63. The molecule has 0 amide bonds. The molecule has 0 unspecified atom stereocenters. The zero-order valence-corrected chi connectivity index (χ0v) is 5.45. The van der Waals surface area contributed by atoms with Crippen molar-refractivity contribution in [3.63, 3.8) is 0 Å². The van der Waals surface area contributed by atoms with Gasteiger partial charge in [-0.05, 0) is 41.1 Å². The van der Waals surface area contributed by atoms with Gasteiger partial charge in [0.05, 0.1) is 0 Å². The minimum absolute atomic E-state index is 0.946. The summed E-state index contributed by atoms with van der Waals surface area (Å²) in [4.78, 5) is 0. The Labute approximate surface area is 53.2 Å². The monoisotopic (exact) mass is 124 g/mol. The maximum Gasteiger partial charge on any atom is -0.00584 e. The van der Waals surface area contributed by atoms with Crippen LogP contribution in [0.2, 0.25) is 0 Å². The highest BCUT2D eigenvalue weighted by Crippen LogP contribution is 2.40. The molecule has 1 aliphatic rings. The van der Waals surface area contributed by atoms with Crippen LogP contribution in [0.4, 0.5) is 0 Å². The standard InChI is InChI=1S/C7H8S/c1-2-6(1)7-3-4-8-5-7/h3-6H,1-2H2. The first-order valence-electron chi connectivity index (χ1n) is 2.99. The highest BCUT2D eigenvalue weighted by atomic mass is 32.1. The Morgan fingerprint density at radius 3 is 2.88 bits per heavy atom. The minimum atomic E-state index is 0.946. The number of hydrogen-bond donors (Lipinski definition) is 0. The summed E-state index contributed by atoms with van der Waals surface area (Å²) in [6.07, 6.45) is 2.85. The predicted octanol–water partition coefficient (Wildman–Crippen LogP) is 2.63. The summed E-state index contributed by atoms with van der Waals surface area (Å²) in [6, 6.07) is 2.24. The van der Waals surface area contributed by atoms with E-state index in [1.807, 2.05) is 11.3 Å². The Morgan fingerprint density at radius 1 is 1.50 bits per heavy atom. The van der Waals surface area contributed by atoms with Crippen molar-refractivity contribution in [1.29, 1.82) is 0 Å². The lowest BCUT2D eigenvalue weighted by Gasteiger charge is -1.82. The molecule has 0 radical (unpaired) electrons. The topological polar surface area (TPSA) is 0 Å². The molecule has 1 aliphatic carbocycles. The molecule has 0 atom stereocenters. The van der Waals surface area contributed by atoms with E-state index >= 15 is 0 Å². The number of thiophene rings is 1. The lowest BCUT2D eigenvalue weighted by atomic mass is 10.2. The van der Waals surface area contributed by atoms with Crippen molar-refractivity contribution < 1.29 is 0 Å². The van der Waals surface area contributed by atoms with E-state index in [1.165, 1.54) is 12.8 Å². The van der Waals surface area contributed by atoms with Gasteiger partial charge in [0.1, 0.15) is 0 Å². The molecular weight excluding hydrogens is 116 g/mol. The van der Waals surface area contributed by atoms with Gasteiger partial charge in [-0.1, -0.05) is 0 Å². The summed E-state index contributed by atoms with van der Waals surface area (Å²) in [5, 5.41) is 4.42. The van der Waals surface area contributed by atoms with Crippen LogP contribution in [-0.2, 0) is 0 Å². The van der Waals surface area contributed by atoms with Gasteiger partial charge in [-0.2, -0.15) is 11.3 Å². The molecule has 0 bridgehead atoms. The lowest BCUT2D eigenvalue weighted by molar-refractivity contribution is 1.15. The SMILES string of the molecule is c1cc(C2CC2)cs1. The molecule has 0 saturated heterocycles. The van der Waals surface area contributed by atoms with Gasteiger partial charge in [0.15, 0.2) is 0 Å². The van der Waals surface area contributed by atoms with Crippen LogP contribution in [0.1, 0.15) is 24.3 Å². The highest BCUT2D eigenvalue weighted by molar-refractivity contribution is 7.07. The Bertz CT molecular complexity index is 161. The molecule has 0 aliphatic heterocycles. The molecule has 0 spiro atoms. The summed E-state index contributed by atoms with van der Waals surface area (Å²) < 4.78 is 0. The molecular formula is C7H8S. The maximum absolute atomic E-state index is 2.26. The van der Waals surface area contributed by atoms with Gasteiger partial charge in [0, 0.05) is 0 Å². The van der Waals surface area contributed by atoms with Crippen molar-refractivity contribution >= 4 is 11.3 Å². The fourth-order valence-electron chi connectivity index (χ4n) is 0.924. The van der Waals surface area contributed by atoms with Crippen LogP contribution >= 0.6 is 11.3 Å². The largest absolute Gasteiger partial charge is 0.152 e. The second-order valence-corrected chi connectivity index (χ2v) is 3.11. The van der Waals surface area contributed by atoms with Gasteiger partial charge >= 0.3 is 0 Å². The summed E-state index contributed by atoms with van der Waals surface area (Å²) in [6.45, 7) is 0. The number of hydrogen-bond acceptors (Lipinski definition) is 1. The molecule has 1 aromatic heterocycles. The third-order valence-electron chi connectivity index (χ3n) is 1.59. The highest BCUT2D eigenvalue weighted by Gasteiger charge is 2.22. The Kier molecular flexibility index (Phi) is 0.908. The fraction of sp³-hybridized carbons (Fsp3) is 0.429. The molecule has 1 fully saturated rings. The molecule has 2 rings (SSSR count). The Hall–Kier alpha value is -0.300. The Balaban J connectivity index is 2.28. The van der Waals surface area contributed by atoms with Crippen LogP contribution in [-0.4, -0.2) is 0 Å². The van der Waals surface area contributed by atoms with Crippen molar-refractivity contribution in [2.75, 3.05) is 0 Å². The maximum atomic E-state index is 2.26. The van der Waals surface area contributed by atoms with E-state index in [0.717, 1.165) is 5.92 Å². The minimum Gasteiger partial charge on any atom is -0.152 e. The molecule has 0 nitrogen and oxygen atoms in total. The average molecular weight is 124 g/mol. The third-order valence-corrected chi connectivity index (χ3v) is 2.29. The van der Waals surface area contributed by atoms with E-state index in [9.17, 15) is 0 Å². The van der Waals surface area contributed by atoms with Gasteiger partial charge in [-0.15, -0.1) is 0 Å². The Morgan fingerprint density at radius 2 is 2.38 bits per heavy atom. The molecule has 1 heterocycles. The quantitative estimate of drug-likeness (QED) is 0.540. The van der Waals surface area contributed by atoms with Crippen LogP contribution in [0.5, 0.6) is 0 Å². The first kappa shape index (κ1) is 4.57. The van der Waals surface area contributed by atoms with Crippen molar-refractivity contribution in [2.24, 2.45) is 0 Å². The normalized spacial score (nSPS) is 19.0.